The number of hydrogen-bond acceptors (Lipinski definition) is 9. The second kappa shape index (κ2) is 8.55. The van der Waals surface area contributed by atoms with Gasteiger partial charge in [0.1, 0.15) is 5.56 Å². The number of hydrogen-bond donors (Lipinski definition) is 1. The van der Waals surface area contributed by atoms with Crippen molar-refractivity contribution < 1.29 is 24.2 Å². The molecule has 0 aliphatic carbocycles. The Balaban J connectivity index is 1.39. The Bertz CT molecular complexity index is 1320. The van der Waals surface area contributed by atoms with Crippen LogP contribution >= 0.6 is 11.3 Å². The van der Waals surface area contributed by atoms with E-state index in [2.05, 4.69) is 10.3 Å². The summed E-state index contributed by atoms with van der Waals surface area (Å²) in [7, 11) is 0. The van der Waals surface area contributed by atoms with Crippen molar-refractivity contribution in [2.45, 2.75) is 6.42 Å². The van der Waals surface area contributed by atoms with E-state index in [0.717, 1.165) is 22.3 Å². The summed E-state index contributed by atoms with van der Waals surface area (Å²) in [5.74, 6) is -2.02. The van der Waals surface area contributed by atoms with Gasteiger partial charge in [0.05, 0.1) is 21.1 Å². The molecule has 12 nitrogen and oxygen atoms in total. The second-order valence-corrected chi connectivity index (χ2v) is 7.72. The molecule has 1 aliphatic heterocycles. The number of anilines is 1. The summed E-state index contributed by atoms with van der Waals surface area (Å²) in [5.41, 5.74) is 0.283. The van der Waals surface area contributed by atoms with Gasteiger partial charge >= 0.3 is 0 Å². The third-order valence-electron chi connectivity index (χ3n) is 4.86. The standard InChI is InChI=1S/C20H13N5O7S/c26-16(22-20-21-14(10-33-20)11-4-6-12(7-5-11)24(29)30)8-9-23-18(27)13-2-1-3-15(25(31)32)17(13)19(23)28/h1-7,10H,8-9H2,(H,21,22,26). The van der Waals surface area contributed by atoms with Gasteiger partial charge in [0.25, 0.3) is 23.2 Å². The molecule has 0 spiro atoms. The lowest BCUT2D eigenvalue weighted by molar-refractivity contribution is -0.385. The van der Waals surface area contributed by atoms with Gasteiger partial charge in [-0.15, -0.1) is 11.3 Å². The second-order valence-electron chi connectivity index (χ2n) is 6.86. The molecule has 3 amide bonds. The number of imide groups is 1. The maximum atomic E-state index is 12.5. The molecular formula is C20H13N5O7S. The number of rotatable bonds is 7. The van der Waals surface area contributed by atoms with Crippen LogP contribution in [-0.4, -0.2) is 44.0 Å². The first-order chi connectivity index (χ1) is 15.8. The van der Waals surface area contributed by atoms with E-state index in [1.54, 1.807) is 17.5 Å². The Kier molecular flexibility index (Phi) is 5.62. The SMILES string of the molecule is O=C(CCN1C(=O)c2cccc([N+](=O)[O-])c2C1=O)Nc1nc(-c2ccc([N+](=O)[O-])cc2)cs1. The van der Waals surface area contributed by atoms with E-state index in [1.165, 1.54) is 24.3 Å². The van der Waals surface area contributed by atoms with Gasteiger partial charge in [0.15, 0.2) is 5.13 Å². The van der Waals surface area contributed by atoms with Crippen LogP contribution in [0.15, 0.2) is 47.8 Å². The minimum absolute atomic E-state index is 0.0546. The molecule has 0 bridgehead atoms. The van der Waals surface area contributed by atoms with Gasteiger partial charge in [0, 0.05) is 42.1 Å². The van der Waals surface area contributed by atoms with Gasteiger partial charge < -0.3 is 5.32 Å². The number of thiazole rings is 1. The van der Waals surface area contributed by atoms with Crippen LogP contribution in [0, 0.1) is 20.2 Å². The number of carbonyl (C=O) groups is 3. The molecule has 4 rings (SSSR count). The number of benzene rings is 2. The van der Waals surface area contributed by atoms with Crippen LogP contribution < -0.4 is 5.32 Å². The fraction of sp³-hybridized carbons (Fsp3) is 0.100. The van der Waals surface area contributed by atoms with Crippen molar-refractivity contribution in [3.8, 4) is 11.3 Å². The highest BCUT2D eigenvalue weighted by Crippen LogP contribution is 2.31. The third-order valence-corrected chi connectivity index (χ3v) is 5.62. The van der Waals surface area contributed by atoms with E-state index < -0.39 is 33.3 Å². The number of carbonyl (C=O) groups excluding carboxylic acids is 3. The quantitative estimate of drug-likeness (QED) is 0.314. The largest absolute Gasteiger partial charge is 0.302 e. The van der Waals surface area contributed by atoms with E-state index in [1.807, 2.05) is 0 Å². The zero-order valence-electron chi connectivity index (χ0n) is 16.6. The van der Waals surface area contributed by atoms with Crippen LogP contribution in [0.2, 0.25) is 0 Å². The monoisotopic (exact) mass is 467 g/mol. The molecule has 13 heteroatoms. The van der Waals surface area contributed by atoms with E-state index in [0.29, 0.717) is 11.3 Å². The zero-order chi connectivity index (χ0) is 23.7. The first-order valence-electron chi connectivity index (χ1n) is 9.40. The average Bonchev–Trinajstić information content (AvgIpc) is 3.35. The molecule has 0 saturated carbocycles. The zero-order valence-corrected chi connectivity index (χ0v) is 17.4. The van der Waals surface area contributed by atoms with Crippen molar-refractivity contribution in [2.24, 2.45) is 0 Å². The van der Waals surface area contributed by atoms with Crippen molar-refractivity contribution in [1.29, 1.82) is 0 Å². The van der Waals surface area contributed by atoms with Crippen molar-refractivity contribution in [1.82, 2.24) is 9.88 Å². The lowest BCUT2D eigenvalue weighted by Gasteiger charge is -2.12. The summed E-state index contributed by atoms with van der Waals surface area (Å²) in [4.78, 5) is 63.1. The summed E-state index contributed by atoms with van der Waals surface area (Å²) < 4.78 is 0. The molecule has 0 saturated heterocycles. The lowest BCUT2D eigenvalue weighted by atomic mass is 10.1. The van der Waals surface area contributed by atoms with Crippen molar-refractivity contribution in [2.75, 3.05) is 11.9 Å². The van der Waals surface area contributed by atoms with Crippen molar-refractivity contribution in [3.63, 3.8) is 0 Å². The average molecular weight is 467 g/mol. The van der Waals surface area contributed by atoms with Gasteiger partial charge in [-0.1, -0.05) is 6.07 Å². The van der Waals surface area contributed by atoms with Gasteiger partial charge in [-0.3, -0.25) is 39.5 Å². The number of nitrogens with one attached hydrogen (secondary N) is 1. The summed E-state index contributed by atoms with van der Waals surface area (Å²) >= 11 is 1.14. The summed E-state index contributed by atoms with van der Waals surface area (Å²) in [5, 5.41) is 26.4. The highest BCUT2D eigenvalue weighted by atomic mass is 32.1. The van der Waals surface area contributed by atoms with E-state index in [-0.39, 0.29) is 34.9 Å². The summed E-state index contributed by atoms with van der Waals surface area (Å²) in [6.07, 6.45) is -0.230. The Morgan fingerprint density at radius 1 is 1.03 bits per heavy atom. The van der Waals surface area contributed by atoms with Crippen LogP contribution in [-0.2, 0) is 4.79 Å². The van der Waals surface area contributed by atoms with E-state index >= 15 is 0 Å². The highest BCUT2D eigenvalue weighted by Gasteiger charge is 2.40. The minimum Gasteiger partial charge on any atom is -0.302 e. The summed E-state index contributed by atoms with van der Waals surface area (Å²) in [6, 6.07) is 9.58. The van der Waals surface area contributed by atoms with E-state index in [4.69, 9.17) is 0 Å². The predicted octanol–water partition coefficient (Wildman–Crippen LogP) is 3.25. The number of nitro groups is 2. The Morgan fingerprint density at radius 3 is 2.42 bits per heavy atom. The highest BCUT2D eigenvalue weighted by molar-refractivity contribution is 7.14. The smallest absolute Gasteiger partial charge is 0.282 e. The fourth-order valence-corrected chi connectivity index (χ4v) is 4.02. The number of fused-ring (bicyclic) bond motifs is 1. The van der Waals surface area contributed by atoms with Gasteiger partial charge in [-0.25, -0.2) is 4.98 Å². The van der Waals surface area contributed by atoms with Gasteiger partial charge in [-0.05, 0) is 18.2 Å². The minimum atomic E-state index is -0.815. The molecule has 1 aliphatic rings. The Labute approximate surface area is 188 Å². The first kappa shape index (κ1) is 21.7. The molecule has 0 unspecified atom stereocenters. The first-order valence-corrected chi connectivity index (χ1v) is 10.3. The molecule has 2 heterocycles. The molecule has 0 radical (unpaired) electrons. The molecular weight excluding hydrogens is 454 g/mol. The molecule has 33 heavy (non-hydrogen) atoms. The predicted molar refractivity (Wildman–Crippen MR) is 116 cm³/mol. The maximum Gasteiger partial charge on any atom is 0.282 e. The van der Waals surface area contributed by atoms with Crippen LogP contribution in [0.3, 0.4) is 0 Å². The van der Waals surface area contributed by atoms with Crippen LogP contribution in [0.1, 0.15) is 27.1 Å². The molecule has 166 valence electrons. The van der Waals surface area contributed by atoms with Crippen LogP contribution in [0.4, 0.5) is 16.5 Å². The molecule has 0 fully saturated rings. The molecule has 2 aromatic carbocycles. The van der Waals surface area contributed by atoms with Crippen LogP contribution in [0.25, 0.3) is 11.3 Å². The third kappa shape index (κ3) is 4.16. The van der Waals surface area contributed by atoms with Gasteiger partial charge in [-0.2, -0.15) is 0 Å². The lowest BCUT2D eigenvalue weighted by Crippen LogP contribution is -2.33. The molecule has 1 aromatic heterocycles. The van der Waals surface area contributed by atoms with E-state index in [9.17, 15) is 34.6 Å². The number of nitro benzene ring substituents is 2. The van der Waals surface area contributed by atoms with Crippen molar-refractivity contribution >= 4 is 45.6 Å². The number of aromatic nitrogens is 1. The fourth-order valence-electron chi connectivity index (χ4n) is 3.28. The topological polar surface area (TPSA) is 166 Å². The molecule has 1 N–H and O–H groups in total. The van der Waals surface area contributed by atoms with Crippen molar-refractivity contribution in [3.05, 3.63) is 79.2 Å². The molecule has 0 atom stereocenters. The number of nitrogens with zero attached hydrogens (tertiary/aromatic N) is 4. The number of amides is 3. The maximum absolute atomic E-state index is 12.5. The molecule has 3 aromatic rings. The Morgan fingerprint density at radius 2 is 1.76 bits per heavy atom. The van der Waals surface area contributed by atoms with Gasteiger partial charge in [0.2, 0.25) is 5.91 Å². The van der Waals surface area contributed by atoms with Crippen LogP contribution in [0.5, 0.6) is 0 Å². The normalized spacial score (nSPS) is 12.5. The Hall–Kier alpha value is -4.52. The summed E-state index contributed by atoms with van der Waals surface area (Å²) in [6.45, 7) is -0.254. The number of non-ortho nitro benzene ring substituents is 1.